The Balaban J connectivity index is 0.760. The Labute approximate surface area is 330 Å². The highest BCUT2D eigenvalue weighted by atomic mass is 16.4. The maximum Gasteiger partial charge on any atom is 0.349 e. The molecule has 3 aliphatic rings. The van der Waals surface area contributed by atoms with E-state index in [4.69, 9.17) is 4.42 Å². The number of imide groups is 2. The number of phenols is 1. The van der Waals surface area contributed by atoms with E-state index in [9.17, 15) is 38.7 Å². The summed E-state index contributed by atoms with van der Waals surface area (Å²) in [6.45, 7) is 5.65. The van der Waals surface area contributed by atoms with Gasteiger partial charge in [-0.25, -0.2) is 4.79 Å². The van der Waals surface area contributed by atoms with Crippen molar-refractivity contribution in [3.63, 3.8) is 0 Å². The minimum atomic E-state index is -0.986. The molecule has 16 heteroatoms. The lowest BCUT2D eigenvalue weighted by Gasteiger charge is -2.34. The second kappa shape index (κ2) is 19.5. The van der Waals surface area contributed by atoms with E-state index in [1.54, 1.807) is 18.2 Å². The van der Waals surface area contributed by atoms with Crippen LogP contribution in [0.15, 0.2) is 51.7 Å². The van der Waals surface area contributed by atoms with Crippen LogP contribution in [0.4, 0.5) is 5.69 Å². The molecular weight excluding hydrogens is 734 g/mol. The molecule has 1 atom stereocenters. The van der Waals surface area contributed by atoms with Gasteiger partial charge in [-0.2, -0.15) is 0 Å². The van der Waals surface area contributed by atoms with Crippen LogP contribution in [0.2, 0.25) is 0 Å². The van der Waals surface area contributed by atoms with Crippen LogP contribution in [0.5, 0.6) is 5.75 Å². The molecule has 0 spiro atoms. The molecule has 0 bridgehead atoms. The molecule has 0 saturated carbocycles. The average Bonchev–Trinajstić information content (AvgIpc) is 3.44. The van der Waals surface area contributed by atoms with Gasteiger partial charge in [0.05, 0.1) is 17.7 Å². The predicted octanol–water partition coefficient (Wildman–Crippen LogP) is 2.60. The number of amides is 6. The lowest BCUT2D eigenvalue weighted by atomic mass is 10.0. The Bertz CT molecular complexity index is 2040. The molecule has 6 rings (SSSR count). The summed E-state index contributed by atoms with van der Waals surface area (Å²) >= 11 is 0. The topological polar surface area (TPSA) is 211 Å². The smallest absolute Gasteiger partial charge is 0.349 e. The third kappa shape index (κ3) is 10.6. The van der Waals surface area contributed by atoms with Crippen molar-refractivity contribution in [1.29, 1.82) is 0 Å². The van der Waals surface area contributed by atoms with Gasteiger partial charge in [0.1, 0.15) is 22.9 Å². The molecule has 3 aromatic rings. The predicted molar refractivity (Wildman–Crippen MR) is 211 cm³/mol. The van der Waals surface area contributed by atoms with Crippen molar-refractivity contribution in [2.24, 2.45) is 0 Å². The molecule has 1 aromatic heterocycles. The monoisotopic (exact) mass is 785 g/mol. The molecule has 0 radical (unpaired) electrons. The highest BCUT2D eigenvalue weighted by molar-refractivity contribution is 6.25. The van der Waals surface area contributed by atoms with Crippen molar-refractivity contribution >= 4 is 52.1 Å². The molecule has 0 aliphatic carbocycles. The molecule has 2 fully saturated rings. The van der Waals surface area contributed by atoms with E-state index in [1.165, 1.54) is 24.3 Å². The fraction of sp³-hybridized carbons (Fsp3) is 0.488. The van der Waals surface area contributed by atoms with Gasteiger partial charge in [0.25, 0.3) is 17.7 Å². The molecule has 304 valence electrons. The summed E-state index contributed by atoms with van der Waals surface area (Å²) in [5.41, 5.74) is 0.578. The van der Waals surface area contributed by atoms with E-state index < -0.39 is 41.2 Å². The first kappa shape index (κ1) is 41.0. The van der Waals surface area contributed by atoms with Crippen LogP contribution in [0.3, 0.4) is 0 Å². The minimum Gasteiger partial charge on any atom is -0.508 e. The minimum absolute atomic E-state index is 0.0136. The number of aromatic hydroxyl groups is 1. The molecule has 2 aromatic carbocycles. The molecule has 57 heavy (non-hydrogen) atoms. The summed E-state index contributed by atoms with van der Waals surface area (Å²) in [6.07, 6.45) is 8.55. The largest absolute Gasteiger partial charge is 0.508 e. The van der Waals surface area contributed by atoms with Crippen molar-refractivity contribution in [2.45, 2.75) is 70.3 Å². The van der Waals surface area contributed by atoms with E-state index in [0.717, 1.165) is 82.4 Å². The zero-order valence-electron chi connectivity index (χ0n) is 32.1. The van der Waals surface area contributed by atoms with Crippen LogP contribution in [0.25, 0.3) is 11.0 Å². The van der Waals surface area contributed by atoms with Crippen LogP contribution >= 0.6 is 0 Å². The van der Waals surface area contributed by atoms with Gasteiger partial charge in [0.15, 0.2) is 0 Å². The van der Waals surface area contributed by atoms with Crippen LogP contribution in [0, 0.1) is 0 Å². The second-order valence-electron chi connectivity index (χ2n) is 14.8. The number of hydrogen-bond acceptors (Lipinski definition) is 12. The summed E-state index contributed by atoms with van der Waals surface area (Å²) in [5, 5.41) is 21.5. The molecule has 1 unspecified atom stereocenters. The van der Waals surface area contributed by atoms with Gasteiger partial charge < -0.3 is 25.5 Å². The number of phenolic OH excluding ortho intramolecular Hbond substituents is 1. The number of nitrogens with one attached hydrogen (secondary N) is 4. The second-order valence-corrected chi connectivity index (χ2v) is 14.8. The van der Waals surface area contributed by atoms with Crippen molar-refractivity contribution < 1.29 is 38.3 Å². The normalized spacial score (nSPS) is 17.5. The van der Waals surface area contributed by atoms with E-state index in [-0.39, 0.29) is 41.2 Å². The maximum atomic E-state index is 13.2. The lowest BCUT2D eigenvalue weighted by molar-refractivity contribution is -0.136. The Hall–Kier alpha value is -5.61. The summed E-state index contributed by atoms with van der Waals surface area (Å²) in [7, 11) is 0. The first-order valence-corrected chi connectivity index (χ1v) is 19.9. The first-order chi connectivity index (χ1) is 27.6. The van der Waals surface area contributed by atoms with Gasteiger partial charge in [-0.3, -0.25) is 48.8 Å². The van der Waals surface area contributed by atoms with Crippen molar-refractivity contribution in [3.05, 3.63) is 69.6 Å². The fourth-order valence-corrected chi connectivity index (χ4v) is 7.55. The van der Waals surface area contributed by atoms with E-state index in [2.05, 4.69) is 31.1 Å². The average molecular weight is 786 g/mol. The Morgan fingerprint density at radius 1 is 0.789 bits per heavy atom. The molecule has 16 nitrogen and oxygen atoms in total. The van der Waals surface area contributed by atoms with Crippen molar-refractivity contribution in [1.82, 2.24) is 30.7 Å². The highest BCUT2D eigenvalue weighted by Gasteiger charge is 2.45. The lowest BCUT2D eigenvalue weighted by Crippen LogP contribution is -2.54. The van der Waals surface area contributed by atoms with Crippen molar-refractivity contribution in [2.75, 3.05) is 64.2 Å². The van der Waals surface area contributed by atoms with Gasteiger partial charge in [-0.05, 0) is 55.7 Å². The number of fused-ring (bicyclic) bond motifs is 2. The fourth-order valence-electron chi connectivity index (χ4n) is 7.55. The summed E-state index contributed by atoms with van der Waals surface area (Å²) in [6, 6.07) is 9.84. The van der Waals surface area contributed by atoms with Gasteiger partial charge >= 0.3 is 5.63 Å². The number of carbonyl (C=O) groups is 6. The number of anilines is 1. The van der Waals surface area contributed by atoms with Crippen LogP contribution in [0.1, 0.15) is 95.3 Å². The number of piperidine rings is 1. The third-order valence-corrected chi connectivity index (χ3v) is 10.7. The molecule has 5 N–H and O–H groups in total. The Kier molecular flexibility index (Phi) is 14.0. The van der Waals surface area contributed by atoms with Gasteiger partial charge in [0.2, 0.25) is 17.7 Å². The van der Waals surface area contributed by atoms with E-state index in [0.29, 0.717) is 49.4 Å². The summed E-state index contributed by atoms with van der Waals surface area (Å²) < 4.78 is 5.21. The van der Waals surface area contributed by atoms with Crippen LogP contribution < -0.4 is 26.9 Å². The molecule has 6 amide bonds. The quantitative estimate of drug-likeness (QED) is 0.0675. The zero-order chi connectivity index (χ0) is 40.3. The number of benzene rings is 2. The van der Waals surface area contributed by atoms with Gasteiger partial charge in [-0.15, -0.1) is 0 Å². The Morgan fingerprint density at radius 3 is 2.23 bits per heavy atom. The standard InChI is InChI=1S/C41H51N7O9/c49-28-12-14-33-27(24-28)25-30(41(56)57-33)37(52)44-18-19-46-20-22-47(23-21-46)26-35(51)43-17-8-6-4-2-1-3-5-7-16-42-31-11-9-10-29-36(31)40(55)48(39(29)54)32-13-15-34(50)45-38(32)53/h9-12,14,24-25,32,42,49H,1-8,13,15-23,26H2,(H,43,51)(H,44,52)(H,45,50,53). The van der Waals surface area contributed by atoms with Crippen LogP contribution in [-0.4, -0.2) is 120 Å². The Morgan fingerprint density at radius 2 is 1.49 bits per heavy atom. The van der Waals surface area contributed by atoms with Gasteiger partial charge in [-0.1, -0.05) is 44.6 Å². The number of nitrogens with zero attached hydrogens (tertiary/aromatic N) is 3. The molecule has 4 heterocycles. The molecular formula is C41H51N7O9. The number of rotatable bonds is 19. The highest BCUT2D eigenvalue weighted by Crippen LogP contribution is 2.32. The SMILES string of the molecule is O=C(CN1CCN(CCNC(=O)c2cc3cc(O)ccc3oc2=O)CC1)NCCCCCCCCCCNc1cccc2c1C(=O)N(C1CCC(=O)NC1=O)C2=O. The van der Waals surface area contributed by atoms with Crippen LogP contribution in [-0.2, 0) is 14.4 Å². The first-order valence-electron chi connectivity index (χ1n) is 19.9. The summed E-state index contributed by atoms with van der Waals surface area (Å²) in [5.74, 6) is -2.54. The zero-order valence-corrected chi connectivity index (χ0v) is 32.1. The maximum absolute atomic E-state index is 13.2. The summed E-state index contributed by atoms with van der Waals surface area (Å²) in [4.78, 5) is 92.9. The third-order valence-electron chi connectivity index (χ3n) is 10.7. The molecule has 3 aliphatic heterocycles. The van der Waals surface area contributed by atoms with Crippen molar-refractivity contribution in [3.8, 4) is 5.75 Å². The number of hydrogen-bond donors (Lipinski definition) is 5. The molecule has 2 saturated heterocycles. The number of unbranched alkanes of at least 4 members (excludes halogenated alkanes) is 7. The number of piperazine rings is 1. The number of carbonyl (C=O) groups excluding carboxylic acids is 6. The van der Waals surface area contributed by atoms with E-state index >= 15 is 0 Å². The van der Waals surface area contributed by atoms with E-state index in [1.807, 2.05) is 0 Å². The van der Waals surface area contributed by atoms with Gasteiger partial charge in [0, 0.05) is 69.9 Å².